The number of thioether (sulfide) groups is 1. The van der Waals surface area contributed by atoms with E-state index in [1.807, 2.05) is 43.5 Å². The molecule has 0 N–H and O–H groups in total. The van der Waals surface area contributed by atoms with Gasteiger partial charge in [0.15, 0.2) is 0 Å². The van der Waals surface area contributed by atoms with Gasteiger partial charge in [-0.25, -0.2) is 0 Å². The average molecular weight is 340 g/mol. The average Bonchev–Trinajstić information content (AvgIpc) is 2.97. The lowest BCUT2D eigenvalue weighted by molar-refractivity contribution is 1.18. The number of benzene rings is 2. The number of nitriles is 3. The molecule has 2 aromatic carbocycles. The lowest BCUT2D eigenvalue weighted by atomic mass is 10.1. The smallest absolute Gasteiger partial charge is 0.136 e. The van der Waals surface area contributed by atoms with Crippen LogP contribution >= 0.6 is 11.8 Å². The molecule has 0 atom stereocenters. The predicted molar refractivity (Wildman–Crippen MR) is 98.1 cm³/mol. The molecule has 0 spiro atoms. The Hall–Kier alpha value is -3.46. The number of fused-ring (bicyclic) bond motifs is 1. The highest BCUT2D eigenvalue weighted by Crippen LogP contribution is 2.44. The molecule has 0 unspecified atom stereocenters. The highest BCUT2D eigenvalue weighted by Gasteiger charge is 2.21. The van der Waals surface area contributed by atoms with Gasteiger partial charge in [0, 0.05) is 17.2 Å². The minimum Gasteiger partial charge on any atom is -0.338 e. The zero-order chi connectivity index (χ0) is 17.8. The van der Waals surface area contributed by atoms with Crippen LogP contribution in [0, 0.1) is 34.0 Å². The highest BCUT2D eigenvalue weighted by molar-refractivity contribution is 8.03. The predicted octanol–water partition coefficient (Wildman–Crippen LogP) is 2.64. The molecule has 0 aromatic heterocycles. The molecular formula is C20H12N4S. The Balaban J connectivity index is 2.07. The lowest BCUT2D eigenvalue weighted by Crippen LogP contribution is -2.13. The fourth-order valence-corrected chi connectivity index (χ4v) is 3.61. The molecule has 0 saturated heterocycles. The van der Waals surface area contributed by atoms with E-state index in [4.69, 9.17) is 10.5 Å². The molecule has 0 saturated carbocycles. The third-order valence-electron chi connectivity index (χ3n) is 3.87. The van der Waals surface area contributed by atoms with Crippen molar-refractivity contribution in [3.8, 4) is 18.2 Å². The van der Waals surface area contributed by atoms with E-state index in [1.54, 1.807) is 36.0 Å². The Bertz CT molecular complexity index is 1080. The van der Waals surface area contributed by atoms with Crippen molar-refractivity contribution in [3.05, 3.63) is 70.1 Å². The fourth-order valence-electron chi connectivity index (χ4n) is 2.52. The third-order valence-corrected chi connectivity index (χ3v) is 5.03. The van der Waals surface area contributed by atoms with E-state index in [1.165, 1.54) is 0 Å². The van der Waals surface area contributed by atoms with Crippen LogP contribution in [0.2, 0.25) is 0 Å². The van der Waals surface area contributed by atoms with E-state index < -0.39 is 0 Å². The molecule has 0 bridgehead atoms. The van der Waals surface area contributed by atoms with Crippen molar-refractivity contribution in [2.45, 2.75) is 4.90 Å². The first-order valence-electron chi connectivity index (χ1n) is 7.45. The molecule has 1 aliphatic rings. The number of allylic oxidation sites excluding steroid dienone is 1. The molecule has 25 heavy (non-hydrogen) atoms. The molecule has 2 aromatic rings. The van der Waals surface area contributed by atoms with E-state index in [9.17, 15) is 5.26 Å². The van der Waals surface area contributed by atoms with Crippen LogP contribution in [-0.4, -0.2) is 7.05 Å². The second-order valence-corrected chi connectivity index (χ2v) is 6.38. The summed E-state index contributed by atoms with van der Waals surface area (Å²) in [5.74, 6) is 0. The van der Waals surface area contributed by atoms with Crippen LogP contribution in [-0.2, 0) is 0 Å². The summed E-state index contributed by atoms with van der Waals surface area (Å²) in [5, 5.41) is 29.7. The lowest BCUT2D eigenvalue weighted by Gasteiger charge is -2.12. The van der Waals surface area contributed by atoms with Crippen molar-refractivity contribution in [2.75, 3.05) is 11.9 Å². The minimum atomic E-state index is 0.0601. The Morgan fingerprint density at radius 2 is 1.56 bits per heavy atom. The maximum atomic E-state index is 9.54. The molecule has 0 fully saturated rings. The van der Waals surface area contributed by atoms with Crippen molar-refractivity contribution in [1.29, 1.82) is 15.8 Å². The van der Waals surface area contributed by atoms with Crippen LogP contribution < -0.4 is 15.3 Å². The molecule has 0 radical (unpaired) electrons. The normalized spacial score (nSPS) is 13.5. The van der Waals surface area contributed by atoms with Gasteiger partial charge in [-0.05, 0) is 23.4 Å². The van der Waals surface area contributed by atoms with Gasteiger partial charge in [0.2, 0.25) is 0 Å². The molecular weight excluding hydrogens is 328 g/mol. The molecule has 1 aliphatic heterocycles. The maximum absolute atomic E-state index is 9.54. The van der Waals surface area contributed by atoms with E-state index in [0.29, 0.717) is 10.8 Å². The number of rotatable bonds is 1. The summed E-state index contributed by atoms with van der Waals surface area (Å²) in [7, 11) is 1.98. The van der Waals surface area contributed by atoms with Crippen molar-refractivity contribution in [3.63, 3.8) is 0 Å². The SMILES string of the molecule is CN1/C(=C/C(C#N)=c2ccc(=C(C#N)C#N)cc2)Sc2ccccc21. The zero-order valence-electron chi connectivity index (χ0n) is 13.4. The Morgan fingerprint density at radius 3 is 2.16 bits per heavy atom. The molecule has 0 aliphatic carbocycles. The standard InChI is InChI=1S/C20H12N4S/c1-24-18-4-2-3-5-19(18)25-20(24)10-16(11-21)14-6-8-15(9-7-14)17(12-22)13-23/h2-10H,1H3/b20-10-. The Kier molecular flexibility index (Phi) is 4.57. The monoisotopic (exact) mass is 340 g/mol. The molecule has 3 rings (SSSR count). The Morgan fingerprint density at radius 1 is 0.920 bits per heavy atom. The van der Waals surface area contributed by atoms with E-state index >= 15 is 0 Å². The van der Waals surface area contributed by atoms with Crippen LogP contribution in [0.3, 0.4) is 0 Å². The number of hydrogen-bond acceptors (Lipinski definition) is 5. The summed E-state index contributed by atoms with van der Waals surface area (Å²) >= 11 is 1.62. The number of anilines is 1. The van der Waals surface area contributed by atoms with Crippen LogP contribution in [0.1, 0.15) is 0 Å². The molecule has 4 nitrogen and oxygen atoms in total. The van der Waals surface area contributed by atoms with Crippen molar-refractivity contribution < 1.29 is 0 Å². The van der Waals surface area contributed by atoms with Gasteiger partial charge in [0.25, 0.3) is 0 Å². The van der Waals surface area contributed by atoms with Gasteiger partial charge >= 0.3 is 0 Å². The second-order valence-electron chi connectivity index (χ2n) is 5.31. The maximum Gasteiger partial charge on any atom is 0.136 e. The van der Waals surface area contributed by atoms with Crippen LogP contribution in [0.4, 0.5) is 5.69 Å². The molecule has 5 heteroatoms. The van der Waals surface area contributed by atoms with Gasteiger partial charge in [0.1, 0.15) is 17.7 Å². The van der Waals surface area contributed by atoms with Crippen LogP contribution in [0.5, 0.6) is 0 Å². The second kappa shape index (κ2) is 6.97. The highest BCUT2D eigenvalue weighted by atomic mass is 32.2. The quantitative estimate of drug-likeness (QED) is 0.798. The van der Waals surface area contributed by atoms with Crippen molar-refractivity contribution >= 4 is 28.6 Å². The van der Waals surface area contributed by atoms with E-state index in [-0.39, 0.29) is 5.57 Å². The van der Waals surface area contributed by atoms with E-state index in [0.717, 1.165) is 20.8 Å². The summed E-state index contributed by atoms with van der Waals surface area (Å²) in [4.78, 5) is 3.22. The minimum absolute atomic E-state index is 0.0601. The van der Waals surface area contributed by atoms with Gasteiger partial charge in [-0.15, -0.1) is 0 Å². The summed E-state index contributed by atoms with van der Waals surface area (Å²) in [6, 6.07) is 20.9. The van der Waals surface area contributed by atoms with Crippen LogP contribution in [0.15, 0.2) is 64.5 Å². The number of nitrogens with zero attached hydrogens (tertiary/aromatic N) is 4. The van der Waals surface area contributed by atoms with Crippen LogP contribution in [0.25, 0.3) is 11.1 Å². The van der Waals surface area contributed by atoms with Gasteiger partial charge in [-0.2, -0.15) is 15.8 Å². The first kappa shape index (κ1) is 16.4. The fraction of sp³-hybridized carbons (Fsp3) is 0.0500. The van der Waals surface area contributed by atoms with Crippen molar-refractivity contribution in [2.24, 2.45) is 0 Å². The molecule has 0 amide bonds. The summed E-state index contributed by atoms with van der Waals surface area (Å²) in [6.45, 7) is 0. The molecule has 118 valence electrons. The van der Waals surface area contributed by atoms with Gasteiger partial charge in [0.05, 0.1) is 22.4 Å². The third kappa shape index (κ3) is 3.12. The summed E-state index contributed by atoms with van der Waals surface area (Å²) in [5.41, 5.74) is 1.71. The first-order valence-corrected chi connectivity index (χ1v) is 8.27. The van der Waals surface area contributed by atoms with E-state index in [2.05, 4.69) is 17.0 Å². The topological polar surface area (TPSA) is 74.6 Å². The Labute approximate surface area is 149 Å². The first-order chi connectivity index (χ1) is 12.2. The summed E-state index contributed by atoms with van der Waals surface area (Å²) in [6.07, 6.45) is 1.86. The largest absolute Gasteiger partial charge is 0.338 e. The zero-order valence-corrected chi connectivity index (χ0v) is 14.2. The molecule has 1 heterocycles. The number of hydrogen-bond donors (Lipinski definition) is 0. The van der Waals surface area contributed by atoms with Gasteiger partial charge < -0.3 is 4.90 Å². The summed E-state index contributed by atoms with van der Waals surface area (Å²) < 4.78 is 0. The van der Waals surface area contributed by atoms with Gasteiger partial charge in [-0.1, -0.05) is 48.2 Å². The van der Waals surface area contributed by atoms with Gasteiger partial charge in [-0.3, -0.25) is 0 Å². The number of para-hydroxylation sites is 1. The van der Waals surface area contributed by atoms with Crippen molar-refractivity contribution in [1.82, 2.24) is 0 Å².